The highest BCUT2D eigenvalue weighted by Gasteiger charge is 2.52. The normalized spacial score (nSPS) is 23.2. The molecule has 1 saturated heterocycles. The highest BCUT2D eigenvalue weighted by Crippen LogP contribution is 2.40. The summed E-state index contributed by atoms with van der Waals surface area (Å²) < 4.78 is 31.4. The predicted octanol–water partition coefficient (Wildman–Crippen LogP) is 4.04. The Kier molecular flexibility index (Phi) is 4.90. The Hall–Kier alpha value is -1.34. The fourth-order valence-electron chi connectivity index (χ4n) is 2.44. The van der Waals surface area contributed by atoms with Gasteiger partial charge in [-0.15, -0.1) is 0 Å². The second-order valence-electron chi connectivity index (χ2n) is 8.26. The summed E-state index contributed by atoms with van der Waals surface area (Å²) in [6.45, 7) is 13.1. The maximum atomic E-state index is 14.4. The quantitative estimate of drug-likeness (QED) is 0.772. The van der Waals surface area contributed by atoms with Crippen LogP contribution in [-0.4, -0.2) is 30.0 Å². The Bertz CT molecular complexity index is 574. The molecule has 5 nitrogen and oxygen atoms in total. The van der Waals surface area contributed by atoms with Gasteiger partial charge in [0.1, 0.15) is 11.4 Å². The third-order valence-corrected chi connectivity index (χ3v) is 4.47. The molecule has 0 aromatic rings. The molecular formula is C17H27BFNO4. The number of amides is 1. The van der Waals surface area contributed by atoms with Gasteiger partial charge in [-0.3, -0.25) is 5.32 Å². The number of halogens is 1. The van der Waals surface area contributed by atoms with Crippen molar-refractivity contribution in [1.29, 1.82) is 0 Å². The fraction of sp³-hybridized carbons (Fsp3) is 0.706. The highest BCUT2D eigenvalue weighted by molar-refractivity contribution is 6.54. The van der Waals surface area contributed by atoms with Crippen molar-refractivity contribution in [3.8, 4) is 0 Å². The molecular weight excluding hydrogens is 312 g/mol. The van der Waals surface area contributed by atoms with Crippen molar-refractivity contribution in [1.82, 2.24) is 5.32 Å². The molecule has 0 atom stereocenters. The summed E-state index contributed by atoms with van der Waals surface area (Å²) in [5, 5.41) is 2.49. The van der Waals surface area contributed by atoms with Crippen LogP contribution in [0.5, 0.6) is 0 Å². The molecule has 1 amide bonds. The number of rotatable bonds is 2. The molecule has 0 radical (unpaired) electrons. The number of carbonyl (C=O) groups excluding carboxylic acids is 1. The van der Waals surface area contributed by atoms with Crippen molar-refractivity contribution < 1.29 is 23.2 Å². The standard InChI is InChI=1S/C17H27BFNO4/c1-15(2,3)22-14(21)20-13-9-8-11(10-12(13)19)18-23-16(4,5)17(6,7)24-18/h10H,8-9H2,1-7H3,(H,20,21). The molecule has 24 heavy (non-hydrogen) atoms. The molecule has 1 aliphatic heterocycles. The number of hydrogen-bond donors (Lipinski definition) is 1. The van der Waals surface area contributed by atoms with E-state index in [1.54, 1.807) is 20.8 Å². The molecule has 1 fully saturated rings. The highest BCUT2D eigenvalue weighted by atomic mass is 19.1. The Balaban J connectivity index is 2.08. The maximum Gasteiger partial charge on any atom is 0.490 e. The summed E-state index contributed by atoms with van der Waals surface area (Å²) in [6.07, 6.45) is 1.65. The number of ether oxygens (including phenoxy) is 1. The van der Waals surface area contributed by atoms with Gasteiger partial charge in [0.25, 0.3) is 0 Å². The average Bonchev–Trinajstić information content (AvgIpc) is 2.58. The number of allylic oxidation sites excluding steroid dienone is 4. The minimum Gasteiger partial charge on any atom is -0.444 e. The summed E-state index contributed by atoms with van der Waals surface area (Å²) in [5.41, 5.74) is -0.591. The van der Waals surface area contributed by atoms with Crippen LogP contribution in [0.3, 0.4) is 0 Å². The first-order chi connectivity index (χ1) is 10.8. The SMILES string of the molecule is CC(C)(C)OC(=O)NC1=C(F)C=C(B2OC(C)(C)C(C)(C)O2)CC1. The van der Waals surface area contributed by atoms with Gasteiger partial charge < -0.3 is 14.0 Å². The molecule has 1 heterocycles. The van der Waals surface area contributed by atoms with Gasteiger partial charge in [0.15, 0.2) is 0 Å². The molecule has 7 heteroatoms. The Morgan fingerprint density at radius 3 is 2.21 bits per heavy atom. The lowest BCUT2D eigenvalue weighted by atomic mass is 9.73. The van der Waals surface area contributed by atoms with E-state index in [4.69, 9.17) is 14.0 Å². The molecule has 0 aromatic heterocycles. The monoisotopic (exact) mass is 339 g/mol. The van der Waals surface area contributed by atoms with Gasteiger partial charge in [0.05, 0.1) is 16.9 Å². The minimum atomic E-state index is -0.653. The van der Waals surface area contributed by atoms with Crippen LogP contribution >= 0.6 is 0 Å². The van der Waals surface area contributed by atoms with Crippen LogP contribution in [0.2, 0.25) is 0 Å². The molecule has 2 rings (SSSR count). The lowest BCUT2D eigenvalue weighted by molar-refractivity contribution is 0.00578. The molecule has 134 valence electrons. The van der Waals surface area contributed by atoms with Crippen molar-refractivity contribution >= 4 is 13.2 Å². The van der Waals surface area contributed by atoms with E-state index < -0.39 is 35.8 Å². The summed E-state index contributed by atoms with van der Waals surface area (Å²) in [6, 6.07) is 0. The van der Waals surface area contributed by atoms with Gasteiger partial charge in [-0.1, -0.05) is 0 Å². The van der Waals surface area contributed by atoms with Crippen LogP contribution in [0.15, 0.2) is 23.1 Å². The third-order valence-electron chi connectivity index (χ3n) is 4.47. The molecule has 2 aliphatic rings. The predicted molar refractivity (Wildman–Crippen MR) is 90.9 cm³/mol. The summed E-state index contributed by atoms with van der Waals surface area (Å²) >= 11 is 0. The van der Waals surface area contributed by atoms with Crippen molar-refractivity contribution in [3.05, 3.63) is 23.1 Å². The lowest BCUT2D eigenvalue weighted by Crippen LogP contribution is -2.41. The van der Waals surface area contributed by atoms with Crippen molar-refractivity contribution in [3.63, 3.8) is 0 Å². The van der Waals surface area contributed by atoms with Gasteiger partial charge in [-0.2, -0.15) is 0 Å². The van der Waals surface area contributed by atoms with Gasteiger partial charge in [0.2, 0.25) is 0 Å². The maximum absolute atomic E-state index is 14.4. The topological polar surface area (TPSA) is 56.8 Å². The van der Waals surface area contributed by atoms with Crippen LogP contribution in [0, 0.1) is 0 Å². The van der Waals surface area contributed by atoms with E-state index >= 15 is 0 Å². The van der Waals surface area contributed by atoms with E-state index in [1.807, 2.05) is 27.7 Å². The summed E-state index contributed by atoms with van der Waals surface area (Å²) in [5.74, 6) is -0.489. The molecule has 1 aliphatic carbocycles. The zero-order valence-electron chi connectivity index (χ0n) is 15.6. The van der Waals surface area contributed by atoms with Crippen LogP contribution in [0.4, 0.5) is 9.18 Å². The Morgan fingerprint density at radius 2 is 1.75 bits per heavy atom. The smallest absolute Gasteiger partial charge is 0.444 e. The van der Waals surface area contributed by atoms with E-state index in [0.717, 1.165) is 5.47 Å². The summed E-state index contributed by atoms with van der Waals surface area (Å²) in [4.78, 5) is 11.8. The molecule has 0 spiro atoms. The molecule has 0 saturated carbocycles. The molecule has 0 aromatic carbocycles. The number of nitrogens with one attached hydrogen (secondary N) is 1. The second-order valence-corrected chi connectivity index (χ2v) is 8.26. The minimum absolute atomic E-state index is 0.226. The third kappa shape index (κ3) is 4.19. The van der Waals surface area contributed by atoms with Crippen molar-refractivity contribution in [2.75, 3.05) is 0 Å². The lowest BCUT2D eigenvalue weighted by Gasteiger charge is -2.32. The van der Waals surface area contributed by atoms with Gasteiger partial charge >= 0.3 is 13.2 Å². The largest absolute Gasteiger partial charge is 0.490 e. The van der Waals surface area contributed by atoms with Gasteiger partial charge in [-0.25, -0.2) is 9.18 Å². The molecule has 1 N–H and O–H groups in total. The first kappa shape index (κ1) is 19.0. The van der Waals surface area contributed by atoms with Crippen LogP contribution in [0.1, 0.15) is 61.3 Å². The average molecular weight is 339 g/mol. The Labute approximate surface area is 143 Å². The number of hydrogen-bond acceptors (Lipinski definition) is 4. The first-order valence-electron chi connectivity index (χ1n) is 8.25. The van der Waals surface area contributed by atoms with Gasteiger partial charge in [-0.05, 0) is 72.9 Å². The van der Waals surface area contributed by atoms with Crippen LogP contribution in [-0.2, 0) is 14.0 Å². The van der Waals surface area contributed by atoms with E-state index in [1.165, 1.54) is 6.08 Å². The zero-order chi connectivity index (χ0) is 18.3. The van der Waals surface area contributed by atoms with Crippen molar-refractivity contribution in [2.45, 2.75) is 78.1 Å². The second kappa shape index (κ2) is 6.19. The molecule has 0 unspecified atom stereocenters. The van der Waals surface area contributed by atoms with E-state index in [9.17, 15) is 9.18 Å². The first-order valence-corrected chi connectivity index (χ1v) is 8.25. The van der Waals surface area contributed by atoms with Gasteiger partial charge in [0, 0.05) is 0 Å². The number of carbonyl (C=O) groups is 1. The zero-order valence-corrected chi connectivity index (χ0v) is 15.6. The molecule has 0 bridgehead atoms. The fourth-order valence-corrected chi connectivity index (χ4v) is 2.44. The number of alkyl carbamates (subject to hydrolysis) is 1. The Morgan fingerprint density at radius 1 is 1.21 bits per heavy atom. The van der Waals surface area contributed by atoms with E-state index in [-0.39, 0.29) is 5.70 Å². The van der Waals surface area contributed by atoms with Crippen molar-refractivity contribution in [2.24, 2.45) is 0 Å². The van der Waals surface area contributed by atoms with E-state index in [2.05, 4.69) is 5.32 Å². The van der Waals surface area contributed by atoms with Crippen LogP contribution in [0.25, 0.3) is 0 Å². The van der Waals surface area contributed by atoms with Crippen LogP contribution < -0.4 is 5.32 Å². The summed E-state index contributed by atoms with van der Waals surface area (Å²) in [7, 11) is -0.566. The van der Waals surface area contributed by atoms with E-state index in [0.29, 0.717) is 12.8 Å².